The van der Waals surface area contributed by atoms with Crippen molar-refractivity contribution >= 4 is 11.7 Å². The zero-order valence-electron chi connectivity index (χ0n) is 9.05. The van der Waals surface area contributed by atoms with Crippen LogP contribution in [-0.4, -0.2) is 22.5 Å². The second kappa shape index (κ2) is 4.50. The Kier molecular flexibility index (Phi) is 3.06. The molecule has 1 aromatic carbocycles. The first kappa shape index (κ1) is 11.5. The predicted octanol–water partition coefficient (Wildman–Crippen LogP) is 1.72. The van der Waals surface area contributed by atoms with Gasteiger partial charge in [-0.1, -0.05) is 6.07 Å². The molecule has 0 saturated carbocycles. The van der Waals surface area contributed by atoms with Gasteiger partial charge in [0.2, 0.25) is 0 Å². The fourth-order valence-corrected chi connectivity index (χ4v) is 2.07. The van der Waals surface area contributed by atoms with Crippen molar-refractivity contribution in [2.24, 2.45) is 0 Å². The van der Waals surface area contributed by atoms with Crippen molar-refractivity contribution in [1.29, 1.82) is 0 Å². The van der Waals surface area contributed by atoms with Gasteiger partial charge in [-0.15, -0.1) is 0 Å². The highest BCUT2D eigenvalue weighted by atomic mass is 16.6. The molecule has 6 heteroatoms. The number of benzene rings is 1. The van der Waals surface area contributed by atoms with Crippen LogP contribution in [0.2, 0.25) is 0 Å². The number of carbonyl (C=O) groups is 1. The number of carboxylic acid groups (broad SMARTS) is 1. The molecule has 0 aliphatic carbocycles. The van der Waals surface area contributed by atoms with Crippen LogP contribution in [0.1, 0.15) is 34.8 Å². The summed E-state index contributed by atoms with van der Waals surface area (Å²) in [6, 6.07) is 4.38. The number of aromatic carboxylic acids is 1. The summed E-state index contributed by atoms with van der Waals surface area (Å²) < 4.78 is 0. The highest BCUT2D eigenvalue weighted by Crippen LogP contribution is 2.27. The molecule has 17 heavy (non-hydrogen) atoms. The Labute approximate surface area is 97.4 Å². The van der Waals surface area contributed by atoms with Crippen LogP contribution in [0, 0.1) is 10.1 Å². The Morgan fingerprint density at radius 1 is 1.53 bits per heavy atom. The van der Waals surface area contributed by atoms with Crippen LogP contribution in [-0.2, 0) is 0 Å². The molecule has 0 spiro atoms. The number of nitro benzene ring substituents is 1. The molecule has 0 amide bonds. The van der Waals surface area contributed by atoms with Gasteiger partial charge >= 0.3 is 5.97 Å². The van der Waals surface area contributed by atoms with Crippen LogP contribution < -0.4 is 5.32 Å². The second-order valence-electron chi connectivity index (χ2n) is 3.99. The lowest BCUT2D eigenvalue weighted by Gasteiger charge is -2.11. The molecule has 0 radical (unpaired) electrons. The molecule has 90 valence electrons. The fraction of sp³-hybridized carbons (Fsp3) is 0.364. The number of hydrogen-bond acceptors (Lipinski definition) is 4. The molecule has 2 N–H and O–H groups in total. The molecule has 0 unspecified atom stereocenters. The van der Waals surface area contributed by atoms with Crippen molar-refractivity contribution in [3.8, 4) is 0 Å². The van der Waals surface area contributed by atoms with E-state index in [0.29, 0.717) is 0 Å². The van der Waals surface area contributed by atoms with E-state index >= 15 is 0 Å². The van der Waals surface area contributed by atoms with E-state index in [9.17, 15) is 14.9 Å². The van der Waals surface area contributed by atoms with Gasteiger partial charge in [-0.2, -0.15) is 0 Å². The molecule has 1 fully saturated rings. The van der Waals surface area contributed by atoms with E-state index in [4.69, 9.17) is 5.11 Å². The van der Waals surface area contributed by atoms with E-state index < -0.39 is 10.9 Å². The van der Waals surface area contributed by atoms with Gasteiger partial charge < -0.3 is 10.4 Å². The smallest absolute Gasteiger partial charge is 0.342 e. The molecule has 1 heterocycles. The predicted molar refractivity (Wildman–Crippen MR) is 60.0 cm³/mol. The third-order valence-corrected chi connectivity index (χ3v) is 2.91. The van der Waals surface area contributed by atoms with Gasteiger partial charge in [-0.25, -0.2) is 4.79 Å². The van der Waals surface area contributed by atoms with Gasteiger partial charge in [-0.3, -0.25) is 10.1 Å². The fourth-order valence-electron chi connectivity index (χ4n) is 2.07. The number of carboxylic acids is 1. The number of nitro groups is 1. The molecule has 0 bridgehead atoms. The van der Waals surface area contributed by atoms with Crippen LogP contribution in [0.15, 0.2) is 18.2 Å². The van der Waals surface area contributed by atoms with Crippen molar-refractivity contribution in [1.82, 2.24) is 5.32 Å². The highest BCUT2D eigenvalue weighted by Gasteiger charge is 2.23. The maximum Gasteiger partial charge on any atom is 0.342 e. The molecule has 6 nitrogen and oxygen atoms in total. The van der Waals surface area contributed by atoms with Gasteiger partial charge in [-0.05, 0) is 31.0 Å². The van der Waals surface area contributed by atoms with Crippen molar-refractivity contribution in [2.45, 2.75) is 18.9 Å². The summed E-state index contributed by atoms with van der Waals surface area (Å²) in [5.74, 6) is -1.27. The Morgan fingerprint density at radius 3 is 2.82 bits per heavy atom. The van der Waals surface area contributed by atoms with Crippen LogP contribution in [0.25, 0.3) is 0 Å². The quantitative estimate of drug-likeness (QED) is 0.615. The van der Waals surface area contributed by atoms with Gasteiger partial charge in [0.05, 0.1) is 4.92 Å². The molecular weight excluding hydrogens is 224 g/mol. The van der Waals surface area contributed by atoms with E-state index in [1.54, 1.807) is 6.07 Å². The van der Waals surface area contributed by atoms with E-state index in [1.807, 2.05) is 0 Å². The lowest BCUT2D eigenvalue weighted by atomic mass is 10.0. The molecular formula is C11H12N2O4. The Morgan fingerprint density at radius 2 is 2.29 bits per heavy atom. The van der Waals surface area contributed by atoms with Crippen molar-refractivity contribution < 1.29 is 14.8 Å². The number of rotatable bonds is 3. The first-order valence-corrected chi connectivity index (χ1v) is 5.34. The zero-order chi connectivity index (χ0) is 12.4. The third kappa shape index (κ3) is 2.26. The summed E-state index contributed by atoms with van der Waals surface area (Å²) in [6.07, 6.45) is 1.96. The lowest BCUT2D eigenvalue weighted by Crippen LogP contribution is -2.14. The second-order valence-corrected chi connectivity index (χ2v) is 3.99. The van der Waals surface area contributed by atoms with Crippen LogP contribution in [0.3, 0.4) is 0 Å². The molecule has 1 atom stereocenters. The summed E-state index contributed by atoms with van der Waals surface area (Å²) in [5.41, 5.74) is 0.186. The monoisotopic (exact) mass is 236 g/mol. The highest BCUT2D eigenvalue weighted by molar-refractivity contribution is 5.92. The van der Waals surface area contributed by atoms with Crippen molar-refractivity contribution in [2.75, 3.05) is 6.54 Å². The molecule has 0 aromatic heterocycles. The molecule has 1 aliphatic heterocycles. The largest absolute Gasteiger partial charge is 0.477 e. The van der Waals surface area contributed by atoms with E-state index in [1.165, 1.54) is 12.1 Å². The van der Waals surface area contributed by atoms with Crippen LogP contribution in [0.5, 0.6) is 0 Å². The van der Waals surface area contributed by atoms with Crippen molar-refractivity contribution in [3.05, 3.63) is 39.4 Å². The topological polar surface area (TPSA) is 92.5 Å². The minimum Gasteiger partial charge on any atom is -0.477 e. The lowest BCUT2D eigenvalue weighted by molar-refractivity contribution is -0.385. The molecule has 2 rings (SSSR count). The van der Waals surface area contributed by atoms with E-state index in [0.717, 1.165) is 24.9 Å². The molecule has 1 saturated heterocycles. The minimum absolute atomic E-state index is 0.105. The summed E-state index contributed by atoms with van der Waals surface area (Å²) in [4.78, 5) is 21.0. The van der Waals surface area contributed by atoms with Gasteiger partial charge in [0.25, 0.3) is 5.69 Å². The number of hydrogen-bond donors (Lipinski definition) is 2. The Hall–Kier alpha value is -1.95. The third-order valence-electron chi connectivity index (χ3n) is 2.91. The molecule has 1 aliphatic rings. The molecule has 1 aromatic rings. The maximum atomic E-state index is 11.0. The summed E-state index contributed by atoms with van der Waals surface area (Å²) in [6.45, 7) is 0.893. The van der Waals surface area contributed by atoms with Gasteiger partial charge in [0.1, 0.15) is 5.56 Å². The zero-order valence-corrected chi connectivity index (χ0v) is 9.05. The summed E-state index contributed by atoms with van der Waals surface area (Å²) in [7, 11) is 0. The van der Waals surface area contributed by atoms with Crippen LogP contribution in [0.4, 0.5) is 5.69 Å². The number of nitrogens with zero attached hydrogens (tertiary/aromatic N) is 1. The summed E-state index contributed by atoms with van der Waals surface area (Å²) >= 11 is 0. The Bertz CT molecular complexity index is 467. The van der Waals surface area contributed by atoms with Crippen LogP contribution >= 0.6 is 0 Å². The average molecular weight is 236 g/mol. The average Bonchev–Trinajstić information content (AvgIpc) is 2.81. The SMILES string of the molecule is O=C(O)c1cc([C@@H]2CCCN2)ccc1[N+](=O)[O-]. The first-order valence-electron chi connectivity index (χ1n) is 5.34. The minimum atomic E-state index is -1.27. The summed E-state index contributed by atoms with van der Waals surface area (Å²) in [5, 5.41) is 22.9. The first-order chi connectivity index (χ1) is 8.09. The maximum absolute atomic E-state index is 11.0. The standard InChI is InChI=1S/C11H12N2O4/c14-11(15)8-6-7(9-2-1-5-12-9)3-4-10(8)13(16)17/h3-4,6,9,12H,1-2,5H2,(H,14,15)/t9-/m0/s1. The normalized spacial score (nSPS) is 19.2. The number of nitrogens with one attached hydrogen (secondary N) is 1. The van der Waals surface area contributed by atoms with E-state index in [-0.39, 0.29) is 17.3 Å². The van der Waals surface area contributed by atoms with Gasteiger partial charge in [0, 0.05) is 12.1 Å². The van der Waals surface area contributed by atoms with E-state index in [2.05, 4.69) is 5.32 Å². The Balaban J connectivity index is 2.41. The van der Waals surface area contributed by atoms with Gasteiger partial charge in [0.15, 0.2) is 0 Å². The van der Waals surface area contributed by atoms with Crippen molar-refractivity contribution in [3.63, 3.8) is 0 Å².